The predicted molar refractivity (Wildman–Crippen MR) is 76.4 cm³/mol. The van der Waals surface area contributed by atoms with E-state index in [1.807, 2.05) is 6.92 Å². The molecule has 3 nitrogen and oxygen atoms in total. The Morgan fingerprint density at radius 1 is 1.28 bits per heavy atom. The molecule has 1 aliphatic rings. The molecule has 1 unspecified atom stereocenters. The van der Waals surface area contributed by atoms with Gasteiger partial charge in [-0.3, -0.25) is 5.32 Å². The summed E-state index contributed by atoms with van der Waals surface area (Å²) in [5.74, 6) is 0. The van der Waals surface area contributed by atoms with E-state index in [2.05, 4.69) is 30.1 Å². The van der Waals surface area contributed by atoms with Crippen molar-refractivity contribution >= 4 is 0 Å². The standard InChI is InChI=1S/C15H29N3/c1-4-10-17-15(3,13-16)9-6-12-18(11-5-2)14-7-8-14/h14,17H,4-12H2,1-3H3. The zero-order valence-electron chi connectivity index (χ0n) is 12.3. The molecule has 0 saturated heterocycles. The zero-order chi connectivity index (χ0) is 13.4. The molecule has 0 amide bonds. The van der Waals surface area contributed by atoms with Crippen LogP contribution < -0.4 is 5.32 Å². The molecule has 0 bridgehead atoms. The normalized spacial score (nSPS) is 18.6. The molecular formula is C15H29N3. The summed E-state index contributed by atoms with van der Waals surface area (Å²) in [6.45, 7) is 9.73. The molecule has 1 N–H and O–H groups in total. The Labute approximate surface area is 113 Å². The third kappa shape index (κ3) is 5.37. The fraction of sp³-hybridized carbons (Fsp3) is 0.933. The van der Waals surface area contributed by atoms with E-state index in [0.29, 0.717) is 0 Å². The maximum Gasteiger partial charge on any atom is 0.103 e. The summed E-state index contributed by atoms with van der Waals surface area (Å²) < 4.78 is 0. The van der Waals surface area contributed by atoms with Crippen molar-refractivity contribution in [2.45, 2.75) is 70.9 Å². The van der Waals surface area contributed by atoms with E-state index >= 15 is 0 Å². The lowest BCUT2D eigenvalue weighted by molar-refractivity contribution is 0.248. The minimum atomic E-state index is -0.336. The van der Waals surface area contributed by atoms with Crippen LogP contribution in [0.5, 0.6) is 0 Å². The van der Waals surface area contributed by atoms with Crippen LogP contribution in [0.2, 0.25) is 0 Å². The fourth-order valence-corrected chi connectivity index (χ4v) is 2.42. The van der Waals surface area contributed by atoms with Gasteiger partial charge in [-0.1, -0.05) is 13.8 Å². The van der Waals surface area contributed by atoms with Gasteiger partial charge in [0.2, 0.25) is 0 Å². The number of nitriles is 1. The minimum absolute atomic E-state index is 0.336. The van der Waals surface area contributed by atoms with Crippen molar-refractivity contribution < 1.29 is 0 Å². The van der Waals surface area contributed by atoms with Gasteiger partial charge in [-0.15, -0.1) is 0 Å². The molecule has 0 aromatic carbocycles. The Bertz CT molecular complexity index is 267. The molecule has 0 spiro atoms. The monoisotopic (exact) mass is 251 g/mol. The Morgan fingerprint density at radius 2 is 2.00 bits per heavy atom. The number of hydrogen-bond acceptors (Lipinski definition) is 3. The van der Waals surface area contributed by atoms with Gasteiger partial charge in [-0.05, 0) is 65.1 Å². The quantitative estimate of drug-likeness (QED) is 0.649. The Morgan fingerprint density at radius 3 is 2.50 bits per heavy atom. The van der Waals surface area contributed by atoms with Crippen molar-refractivity contribution in [1.29, 1.82) is 5.26 Å². The molecule has 104 valence electrons. The van der Waals surface area contributed by atoms with E-state index in [9.17, 15) is 5.26 Å². The van der Waals surface area contributed by atoms with Gasteiger partial charge in [0.25, 0.3) is 0 Å². The summed E-state index contributed by atoms with van der Waals surface area (Å²) in [6.07, 6.45) is 7.16. The predicted octanol–water partition coefficient (Wildman–Crippen LogP) is 2.92. The summed E-state index contributed by atoms with van der Waals surface area (Å²) >= 11 is 0. The molecule has 0 aliphatic heterocycles. The molecule has 18 heavy (non-hydrogen) atoms. The van der Waals surface area contributed by atoms with Crippen LogP contribution >= 0.6 is 0 Å². The van der Waals surface area contributed by atoms with E-state index in [1.165, 1.54) is 25.8 Å². The fourth-order valence-electron chi connectivity index (χ4n) is 2.42. The highest BCUT2D eigenvalue weighted by atomic mass is 15.2. The summed E-state index contributed by atoms with van der Waals surface area (Å²) in [4.78, 5) is 2.61. The lowest BCUT2D eigenvalue weighted by atomic mass is 9.97. The summed E-state index contributed by atoms with van der Waals surface area (Å²) in [7, 11) is 0. The summed E-state index contributed by atoms with van der Waals surface area (Å²) in [6, 6.07) is 3.28. The first-order valence-electron chi connectivity index (χ1n) is 7.55. The van der Waals surface area contributed by atoms with Crippen molar-refractivity contribution in [2.24, 2.45) is 0 Å². The summed E-state index contributed by atoms with van der Waals surface area (Å²) in [5, 5.41) is 12.6. The van der Waals surface area contributed by atoms with Crippen LogP contribution in [0, 0.1) is 11.3 Å². The second kappa shape index (κ2) is 7.76. The highest BCUT2D eigenvalue weighted by Gasteiger charge is 2.29. The van der Waals surface area contributed by atoms with Gasteiger partial charge in [0.15, 0.2) is 0 Å². The maximum atomic E-state index is 9.28. The van der Waals surface area contributed by atoms with Gasteiger partial charge in [-0.2, -0.15) is 5.26 Å². The Hall–Kier alpha value is -0.590. The van der Waals surface area contributed by atoms with E-state index < -0.39 is 0 Å². The van der Waals surface area contributed by atoms with Gasteiger partial charge in [0.05, 0.1) is 6.07 Å². The van der Waals surface area contributed by atoms with Crippen LogP contribution in [-0.4, -0.2) is 36.1 Å². The average Bonchev–Trinajstić information content (AvgIpc) is 3.20. The van der Waals surface area contributed by atoms with Crippen molar-refractivity contribution in [3.63, 3.8) is 0 Å². The van der Waals surface area contributed by atoms with Crippen LogP contribution in [0.15, 0.2) is 0 Å². The lowest BCUT2D eigenvalue weighted by Crippen LogP contribution is -2.42. The van der Waals surface area contributed by atoms with Gasteiger partial charge in [0, 0.05) is 6.04 Å². The Kier molecular flexibility index (Phi) is 6.67. The first-order valence-corrected chi connectivity index (χ1v) is 7.55. The van der Waals surface area contributed by atoms with Crippen LogP contribution in [0.25, 0.3) is 0 Å². The first-order chi connectivity index (χ1) is 8.65. The lowest BCUT2D eigenvalue weighted by Gasteiger charge is -2.26. The van der Waals surface area contributed by atoms with Gasteiger partial charge >= 0.3 is 0 Å². The molecule has 0 aromatic rings. The molecule has 0 radical (unpaired) electrons. The molecule has 0 heterocycles. The molecule has 0 aromatic heterocycles. The topological polar surface area (TPSA) is 39.1 Å². The highest BCUT2D eigenvalue weighted by molar-refractivity contribution is 5.03. The van der Waals surface area contributed by atoms with E-state index in [-0.39, 0.29) is 5.54 Å². The highest BCUT2D eigenvalue weighted by Crippen LogP contribution is 2.27. The minimum Gasteiger partial charge on any atom is -0.300 e. The van der Waals surface area contributed by atoms with Crippen molar-refractivity contribution in [3.8, 4) is 6.07 Å². The van der Waals surface area contributed by atoms with Crippen LogP contribution in [0.3, 0.4) is 0 Å². The average molecular weight is 251 g/mol. The van der Waals surface area contributed by atoms with Crippen molar-refractivity contribution in [1.82, 2.24) is 10.2 Å². The van der Waals surface area contributed by atoms with Crippen LogP contribution in [0.1, 0.15) is 59.3 Å². The van der Waals surface area contributed by atoms with Crippen LogP contribution in [0.4, 0.5) is 0 Å². The first kappa shape index (κ1) is 15.5. The van der Waals surface area contributed by atoms with Crippen LogP contribution in [-0.2, 0) is 0 Å². The van der Waals surface area contributed by atoms with Gasteiger partial charge < -0.3 is 4.90 Å². The van der Waals surface area contributed by atoms with Crippen molar-refractivity contribution in [3.05, 3.63) is 0 Å². The molecule has 1 rings (SSSR count). The SMILES string of the molecule is CCCNC(C)(C#N)CCCN(CCC)C1CC1. The largest absolute Gasteiger partial charge is 0.300 e. The van der Waals surface area contributed by atoms with Crippen molar-refractivity contribution in [2.75, 3.05) is 19.6 Å². The number of nitrogens with one attached hydrogen (secondary N) is 1. The molecule has 1 saturated carbocycles. The van der Waals surface area contributed by atoms with Gasteiger partial charge in [-0.25, -0.2) is 0 Å². The number of nitrogens with zero attached hydrogens (tertiary/aromatic N) is 2. The molecule has 1 atom stereocenters. The number of hydrogen-bond donors (Lipinski definition) is 1. The Balaban J connectivity index is 2.26. The van der Waals surface area contributed by atoms with E-state index in [1.54, 1.807) is 0 Å². The smallest absolute Gasteiger partial charge is 0.103 e. The summed E-state index contributed by atoms with van der Waals surface area (Å²) in [5.41, 5.74) is -0.336. The zero-order valence-corrected chi connectivity index (χ0v) is 12.3. The van der Waals surface area contributed by atoms with Gasteiger partial charge in [0.1, 0.15) is 5.54 Å². The molecule has 1 fully saturated rings. The third-order valence-corrected chi connectivity index (χ3v) is 3.71. The second-order valence-electron chi connectivity index (χ2n) is 5.74. The van der Waals surface area contributed by atoms with E-state index in [0.717, 1.165) is 38.4 Å². The third-order valence-electron chi connectivity index (χ3n) is 3.71. The molecular weight excluding hydrogens is 222 g/mol. The van der Waals surface area contributed by atoms with E-state index in [4.69, 9.17) is 0 Å². The maximum absolute atomic E-state index is 9.28. The molecule has 1 aliphatic carbocycles. The molecule has 3 heteroatoms. The second-order valence-corrected chi connectivity index (χ2v) is 5.74. The number of rotatable bonds is 10.